The van der Waals surface area contributed by atoms with E-state index in [1.165, 1.54) is 12.2 Å². The van der Waals surface area contributed by atoms with Crippen molar-refractivity contribution in [2.24, 2.45) is 0 Å². The van der Waals surface area contributed by atoms with E-state index < -0.39 is 0 Å². The summed E-state index contributed by atoms with van der Waals surface area (Å²) < 4.78 is 0. The molecule has 150 valence electrons. The summed E-state index contributed by atoms with van der Waals surface area (Å²) in [4.78, 5) is 24.0. The molecule has 0 bridgehead atoms. The molecule has 0 saturated heterocycles. The zero-order valence-electron chi connectivity index (χ0n) is 16.6. The lowest BCUT2D eigenvalue weighted by Crippen LogP contribution is -2.21. The van der Waals surface area contributed by atoms with Gasteiger partial charge >= 0.3 is 0 Å². The Morgan fingerprint density at radius 1 is 0.600 bits per heavy atom. The van der Waals surface area contributed by atoms with Gasteiger partial charge in [-0.2, -0.15) is 0 Å². The van der Waals surface area contributed by atoms with E-state index in [0.717, 1.165) is 22.3 Å². The van der Waals surface area contributed by atoms with Gasteiger partial charge in [-0.05, 0) is 34.4 Å². The third-order valence-corrected chi connectivity index (χ3v) is 4.38. The number of amides is 2. The van der Waals surface area contributed by atoms with E-state index >= 15 is 0 Å². The highest BCUT2D eigenvalue weighted by Gasteiger charge is 2.01. The Labute approximate surface area is 177 Å². The van der Waals surface area contributed by atoms with Crippen LogP contribution in [-0.2, 0) is 22.7 Å². The molecular weight excluding hydrogens is 372 g/mol. The first-order valence-corrected chi connectivity index (χ1v) is 9.79. The van der Waals surface area contributed by atoms with E-state index in [9.17, 15) is 9.59 Å². The van der Waals surface area contributed by atoms with Crippen molar-refractivity contribution in [3.8, 4) is 0 Å². The third kappa shape index (κ3) is 7.24. The molecule has 30 heavy (non-hydrogen) atoms. The molecule has 0 aliphatic rings. The van der Waals surface area contributed by atoms with E-state index in [1.807, 2.05) is 84.9 Å². The Balaban J connectivity index is 1.46. The Kier molecular flexibility index (Phi) is 7.75. The van der Waals surface area contributed by atoms with Crippen molar-refractivity contribution in [3.05, 3.63) is 119 Å². The van der Waals surface area contributed by atoms with Crippen LogP contribution < -0.4 is 10.6 Å². The van der Waals surface area contributed by atoms with Gasteiger partial charge in [-0.1, -0.05) is 84.9 Å². The summed E-state index contributed by atoms with van der Waals surface area (Å²) in [7, 11) is 0. The van der Waals surface area contributed by atoms with Crippen molar-refractivity contribution < 1.29 is 9.59 Å². The van der Waals surface area contributed by atoms with E-state index in [-0.39, 0.29) is 11.8 Å². The molecule has 2 N–H and O–H groups in total. The second kappa shape index (κ2) is 11.2. The maximum Gasteiger partial charge on any atom is 0.244 e. The minimum absolute atomic E-state index is 0.149. The molecule has 0 aromatic heterocycles. The van der Waals surface area contributed by atoms with Gasteiger partial charge in [0.15, 0.2) is 0 Å². The van der Waals surface area contributed by atoms with Gasteiger partial charge in [0.2, 0.25) is 11.8 Å². The molecule has 3 aromatic rings. The quantitative estimate of drug-likeness (QED) is 0.556. The van der Waals surface area contributed by atoms with Crippen molar-refractivity contribution >= 4 is 24.0 Å². The molecule has 0 spiro atoms. The highest BCUT2D eigenvalue weighted by Crippen LogP contribution is 2.06. The second-order valence-corrected chi connectivity index (χ2v) is 6.74. The van der Waals surface area contributed by atoms with Crippen LogP contribution in [0.2, 0.25) is 0 Å². The summed E-state index contributed by atoms with van der Waals surface area (Å²) in [6.07, 6.45) is 6.62. The molecule has 4 heteroatoms. The van der Waals surface area contributed by atoms with E-state index in [0.29, 0.717) is 13.1 Å². The van der Waals surface area contributed by atoms with Gasteiger partial charge in [-0.25, -0.2) is 0 Å². The monoisotopic (exact) mass is 396 g/mol. The largest absolute Gasteiger partial charge is 0.348 e. The number of benzene rings is 3. The second-order valence-electron chi connectivity index (χ2n) is 6.74. The van der Waals surface area contributed by atoms with Crippen LogP contribution in [0.4, 0.5) is 0 Å². The van der Waals surface area contributed by atoms with Crippen LogP contribution in [0, 0.1) is 0 Å². The van der Waals surface area contributed by atoms with Gasteiger partial charge in [0, 0.05) is 25.2 Å². The van der Waals surface area contributed by atoms with E-state index in [4.69, 9.17) is 0 Å². The molecule has 4 nitrogen and oxygen atoms in total. The van der Waals surface area contributed by atoms with Gasteiger partial charge in [-0.15, -0.1) is 0 Å². The van der Waals surface area contributed by atoms with Crippen LogP contribution in [0.15, 0.2) is 97.1 Å². The molecule has 0 heterocycles. The van der Waals surface area contributed by atoms with Crippen LogP contribution in [-0.4, -0.2) is 11.8 Å². The van der Waals surface area contributed by atoms with Gasteiger partial charge < -0.3 is 10.6 Å². The fraction of sp³-hybridized carbons (Fsp3) is 0.0769. The number of nitrogens with one attached hydrogen (secondary N) is 2. The van der Waals surface area contributed by atoms with Gasteiger partial charge in [-0.3, -0.25) is 9.59 Å². The smallest absolute Gasteiger partial charge is 0.244 e. The summed E-state index contributed by atoms with van der Waals surface area (Å²) in [5.74, 6) is -0.299. The lowest BCUT2D eigenvalue weighted by atomic mass is 10.1. The minimum Gasteiger partial charge on any atom is -0.348 e. The summed E-state index contributed by atoms with van der Waals surface area (Å²) in [5.41, 5.74) is 3.91. The Morgan fingerprint density at radius 2 is 1.03 bits per heavy atom. The minimum atomic E-state index is -0.149. The maximum absolute atomic E-state index is 12.0. The first-order chi connectivity index (χ1) is 14.7. The molecular formula is C26H24N2O2. The molecule has 0 radical (unpaired) electrons. The van der Waals surface area contributed by atoms with Gasteiger partial charge in [0.05, 0.1) is 0 Å². The SMILES string of the molecule is O=C(/C=C/c1ccccc1)NCc1cccc(CNC(=O)/C=C/c2ccccc2)c1. The number of carbonyl (C=O) groups excluding carboxylic acids is 2. The van der Waals surface area contributed by atoms with Gasteiger partial charge in [0.25, 0.3) is 0 Å². The van der Waals surface area contributed by atoms with Crippen molar-refractivity contribution in [1.29, 1.82) is 0 Å². The molecule has 0 fully saturated rings. The van der Waals surface area contributed by atoms with Crippen molar-refractivity contribution in [2.75, 3.05) is 0 Å². The highest BCUT2D eigenvalue weighted by molar-refractivity contribution is 5.92. The lowest BCUT2D eigenvalue weighted by molar-refractivity contribution is -0.117. The fourth-order valence-corrected chi connectivity index (χ4v) is 2.82. The average molecular weight is 396 g/mol. The predicted molar refractivity (Wildman–Crippen MR) is 121 cm³/mol. The highest BCUT2D eigenvalue weighted by atomic mass is 16.2. The first-order valence-electron chi connectivity index (χ1n) is 9.79. The first kappa shape index (κ1) is 20.8. The molecule has 0 aliphatic carbocycles. The molecule has 3 aromatic carbocycles. The molecule has 2 amide bonds. The standard InChI is InChI=1S/C26H24N2O2/c29-25(16-14-21-8-3-1-4-9-21)27-19-23-12-7-13-24(18-23)20-28-26(30)17-15-22-10-5-2-6-11-22/h1-18H,19-20H2,(H,27,29)(H,28,30)/b16-14+,17-15+. The van der Waals surface area contributed by atoms with Gasteiger partial charge in [0.1, 0.15) is 0 Å². The summed E-state index contributed by atoms with van der Waals surface area (Å²) in [6.45, 7) is 0.849. The normalized spacial score (nSPS) is 10.9. The van der Waals surface area contributed by atoms with Crippen molar-refractivity contribution in [1.82, 2.24) is 10.6 Å². The summed E-state index contributed by atoms with van der Waals surface area (Å²) in [6, 6.07) is 27.1. The summed E-state index contributed by atoms with van der Waals surface area (Å²) >= 11 is 0. The van der Waals surface area contributed by atoms with Crippen LogP contribution >= 0.6 is 0 Å². The zero-order chi connectivity index (χ0) is 21.0. The zero-order valence-corrected chi connectivity index (χ0v) is 16.6. The topological polar surface area (TPSA) is 58.2 Å². The molecule has 3 rings (SSSR count). The van der Waals surface area contributed by atoms with E-state index in [2.05, 4.69) is 10.6 Å². The summed E-state index contributed by atoms with van der Waals surface area (Å²) in [5, 5.41) is 5.75. The molecule has 0 unspecified atom stereocenters. The molecule has 0 atom stereocenters. The Bertz CT molecular complexity index is 944. The molecule has 0 saturated carbocycles. The lowest BCUT2D eigenvalue weighted by Gasteiger charge is -2.07. The van der Waals surface area contributed by atoms with Crippen LogP contribution in [0.3, 0.4) is 0 Å². The Hall–Kier alpha value is -3.92. The fourth-order valence-electron chi connectivity index (χ4n) is 2.82. The average Bonchev–Trinajstić information content (AvgIpc) is 2.80. The molecule has 0 aliphatic heterocycles. The number of carbonyl (C=O) groups is 2. The number of hydrogen-bond acceptors (Lipinski definition) is 2. The van der Waals surface area contributed by atoms with E-state index in [1.54, 1.807) is 12.2 Å². The predicted octanol–water partition coefficient (Wildman–Crippen LogP) is 4.35. The van der Waals surface area contributed by atoms with Crippen molar-refractivity contribution in [2.45, 2.75) is 13.1 Å². The number of rotatable bonds is 8. The van der Waals surface area contributed by atoms with Crippen LogP contribution in [0.1, 0.15) is 22.3 Å². The van der Waals surface area contributed by atoms with Crippen LogP contribution in [0.25, 0.3) is 12.2 Å². The maximum atomic E-state index is 12.0. The van der Waals surface area contributed by atoms with Crippen LogP contribution in [0.5, 0.6) is 0 Å². The number of hydrogen-bond donors (Lipinski definition) is 2. The van der Waals surface area contributed by atoms with Crippen molar-refractivity contribution in [3.63, 3.8) is 0 Å². The Morgan fingerprint density at radius 3 is 1.47 bits per heavy atom. The third-order valence-electron chi connectivity index (χ3n) is 4.38.